The van der Waals surface area contributed by atoms with Crippen LogP contribution in [0.25, 0.3) is 0 Å². The van der Waals surface area contributed by atoms with Crippen LogP contribution in [0.15, 0.2) is 18.2 Å². The van der Waals surface area contributed by atoms with Crippen molar-refractivity contribution in [1.82, 2.24) is 0 Å². The highest BCUT2D eigenvalue weighted by Gasteiger charge is 2.16. The molecular formula is C13H15IN2O2. The van der Waals surface area contributed by atoms with Gasteiger partial charge in [0.2, 0.25) is 0 Å². The third kappa shape index (κ3) is 3.29. The summed E-state index contributed by atoms with van der Waals surface area (Å²) in [6, 6.07) is 5.68. The molecule has 18 heavy (non-hydrogen) atoms. The van der Waals surface area contributed by atoms with Crippen molar-refractivity contribution in [2.24, 2.45) is 0 Å². The number of benzene rings is 1. The predicted octanol–water partition coefficient (Wildman–Crippen LogP) is 2.80. The summed E-state index contributed by atoms with van der Waals surface area (Å²) in [4.78, 5) is 10.8. The molecule has 1 aliphatic heterocycles. The van der Waals surface area contributed by atoms with Crippen LogP contribution >= 0.6 is 22.6 Å². The van der Waals surface area contributed by atoms with Gasteiger partial charge in [-0.2, -0.15) is 0 Å². The van der Waals surface area contributed by atoms with Crippen LogP contribution in [0.2, 0.25) is 0 Å². The zero-order valence-electron chi connectivity index (χ0n) is 9.91. The standard InChI is InChI=1S/C13H15IN2O2/c14-9-4-5-12(10(7-9)11(15)8-17)16-13-3-1-2-6-18-13/h4-5,7-8,13,15-16H,1-3,6H2. The van der Waals surface area contributed by atoms with Gasteiger partial charge in [-0.05, 0) is 60.1 Å². The van der Waals surface area contributed by atoms with Gasteiger partial charge >= 0.3 is 0 Å². The number of rotatable bonds is 4. The number of hydrogen-bond donors (Lipinski definition) is 2. The van der Waals surface area contributed by atoms with Crippen LogP contribution in [0.5, 0.6) is 0 Å². The normalized spacial score (nSPS) is 19.3. The van der Waals surface area contributed by atoms with Crippen LogP contribution in [0.3, 0.4) is 0 Å². The quantitative estimate of drug-likeness (QED) is 0.494. The van der Waals surface area contributed by atoms with E-state index in [2.05, 4.69) is 27.9 Å². The fraction of sp³-hybridized carbons (Fsp3) is 0.385. The summed E-state index contributed by atoms with van der Waals surface area (Å²) in [7, 11) is 0. The number of hydrogen-bond acceptors (Lipinski definition) is 4. The summed E-state index contributed by atoms with van der Waals surface area (Å²) in [5.74, 6) is 0. The minimum absolute atomic E-state index is 0.00757. The number of anilines is 1. The third-order valence-corrected chi connectivity index (χ3v) is 3.56. The number of carbonyl (C=O) groups is 1. The van der Waals surface area contributed by atoms with Crippen molar-refractivity contribution in [3.05, 3.63) is 27.3 Å². The van der Waals surface area contributed by atoms with E-state index in [-0.39, 0.29) is 11.9 Å². The van der Waals surface area contributed by atoms with E-state index in [1.165, 1.54) is 0 Å². The second-order valence-corrected chi connectivity index (χ2v) is 5.47. The van der Waals surface area contributed by atoms with E-state index in [0.29, 0.717) is 11.8 Å². The van der Waals surface area contributed by atoms with Gasteiger partial charge in [0.1, 0.15) is 11.9 Å². The van der Waals surface area contributed by atoms with E-state index in [9.17, 15) is 4.79 Å². The summed E-state index contributed by atoms with van der Waals surface area (Å²) >= 11 is 2.17. The minimum Gasteiger partial charge on any atom is -0.360 e. The summed E-state index contributed by atoms with van der Waals surface area (Å²) < 4.78 is 6.61. The number of ether oxygens (including phenoxy) is 1. The van der Waals surface area contributed by atoms with Crippen LogP contribution in [0, 0.1) is 8.98 Å². The minimum atomic E-state index is -0.0167. The maximum Gasteiger partial charge on any atom is 0.168 e. The van der Waals surface area contributed by atoms with Crippen molar-refractivity contribution in [3.63, 3.8) is 0 Å². The predicted molar refractivity (Wildman–Crippen MR) is 79.3 cm³/mol. The highest BCUT2D eigenvalue weighted by atomic mass is 127. The fourth-order valence-corrected chi connectivity index (χ4v) is 2.45. The van der Waals surface area contributed by atoms with E-state index in [0.717, 1.165) is 35.1 Å². The molecule has 1 unspecified atom stereocenters. The third-order valence-electron chi connectivity index (χ3n) is 2.89. The van der Waals surface area contributed by atoms with E-state index in [1.807, 2.05) is 18.2 Å². The molecule has 0 bridgehead atoms. The van der Waals surface area contributed by atoms with Gasteiger partial charge in [-0.1, -0.05) is 0 Å². The van der Waals surface area contributed by atoms with Crippen LogP contribution < -0.4 is 5.32 Å². The van der Waals surface area contributed by atoms with Gasteiger partial charge in [0.25, 0.3) is 0 Å². The van der Waals surface area contributed by atoms with Gasteiger partial charge in [0, 0.05) is 21.4 Å². The summed E-state index contributed by atoms with van der Waals surface area (Å²) in [6.45, 7) is 0.766. The maximum atomic E-state index is 10.8. The molecule has 96 valence electrons. The average Bonchev–Trinajstić information content (AvgIpc) is 2.41. The molecule has 0 amide bonds. The molecule has 5 heteroatoms. The molecule has 1 heterocycles. The molecule has 1 aromatic rings. The lowest BCUT2D eigenvalue weighted by Crippen LogP contribution is -2.28. The van der Waals surface area contributed by atoms with Gasteiger partial charge in [0.15, 0.2) is 6.29 Å². The zero-order chi connectivity index (χ0) is 13.0. The highest BCUT2D eigenvalue weighted by Crippen LogP contribution is 2.22. The van der Waals surface area contributed by atoms with Crippen molar-refractivity contribution in [2.75, 3.05) is 11.9 Å². The Labute approximate surface area is 120 Å². The largest absolute Gasteiger partial charge is 0.360 e. The fourth-order valence-electron chi connectivity index (χ4n) is 1.96. The molecule has 1 saturated heterocycles. The maximum absolute atomic E-state index is 10.8. The Balaban J connectivity index is 2.20. The van der Waals surface area contributed by atoms with E-state index < -0.39 is 0 Å². The molecule has 0 aliphatic carbocycles. The van der Waals surface area contributed by atoms with E-state index >= 15 is 0 Å². The molecule has 2 rings (SSSR count). The van der Waals surface area contributed by atoms with E-state index in [4.69, 9.17) is 10.1 Å². The van der Waals surface area contributed by atoms with Crippen molar-refractivity contribution >= 4 is 40.3 Å². The monoisotopic (exact) mass is 358 g/mol. The molecule has 1 aliphatic rings. The Morgan fingerprint density at radius 2 is 2.33 bits per heavy atom. The van der Waals surface area contributed by atoms with Crippen LogP contribution in [-0.2, 0) is 9.53 Å². The first-order chi connectivity index (χ1) is 8.70. The first kappa shape index (κ1) is 13.5. The number of aldehydes is 1. The number of nitrogens with one attached hydrogen (secondary N) is 2. The Hall–Kier alpha value is -0.950. The molecule has 2 N–H and O–H groups in total. The lowest BCUT2D eigenvalue weighted by molar-refractivity contribution is -0.102. The molecule has 0 aromatic heterocycles. The van der Waals surface area contributed by atoms with Crippen molar-refractivity contribution in [2.45, 2.75) is 25.5 Å². The molecule has 1 aromatic carbocycles. The van der Waals surface area contributed by atoms with Crippen LogP contribution in [0.1, 0.15) is 24.8 Å². The molecule has 0 saturated carbocycles. The SMILES string of the molecule is N=C(C=O)c1cc(I)ccc1NC1CCCCO1. The second kappa shape index (κ2) is 6.29. The summed E-state index contributed by atoms with van der Waals surface area (Å²) in [6.07, 6.45) is 3.75. The molecular weight excluding hydrogens is 343 g/mol. The smallest absolute Gasteiger partial charge is 0.168 e. The Morgan fingerprint density at radius 3 is 3.00 bits per heavy atom. The Kier molecular flexibility index (Phi) is 4.71. The molecule has 1 atom stereocenters. The first-order valence-electron chi connectivity index (χ1n) is 5.92. The van der Waals surface area contributed by atoms with Crippen molar-refractivity contribution in [3.8, 4) is 0 Å². The van der Waals surface area contributed by atoms with E-state index in [1.54, 1.807) is 0 Å². The van der Waals surface area contributed by atoms with Crippen LogP contribution in [-0.4, -0.2) is 24.8 Å². The van der Waals surface area contributed by atoms with Gasteiger partial charge < -0.3 is 10.1 Å². The Morgan fingerprint density at radius 1 is 1.50 bits per heavy atom. The average molecular weight is 358 g/mol. The Bertz CT molecular complexity index is 456. The van der Waals surface area contributed by atoms with Gasteiger partial charge in [0.05, 0.1) is 0 Å². The van der Waals surface area contributed by atoms with Crippen LogP contribution in [0.4, 0.5) is 5.69 Å². The van der Waals surface area contributed by atoms with Gasteiger partial charge in [-0.3, -0.25) is 10.2 Å². The van der Waals surface area contributed by atoms with Gasteiger partial charge in [-0.15, -0.1) is 0 Å². The summed E-state index contributed by atoms with van der Waals surface area (Å²) in [5, 5.41) is 10.9. The molecule has 1 fully saturated rings. The van der Waals surface area contributed by atoms with Gasteiger partial charge in [-0.25, -0.2) is 0 Å². The van der Waals surface area contributed by atoms with Crippen molar-refractivity contribution in [1.29, 1.82) is 5.41 Å². The first-order valence-corrected chi connectivity index (χ1v) is 7.00. The van der Waals surface area contributed by atoms with Crippen molar-refractivity contribution < 1.29 is 9.53 Å². The second-order valence-electron chi connectivity index (χ2n) is 4.22. The number of carbonyl (C=O) groups excluding carboxylic acids is 1. The zero-order valence-corrected chi connectivity index (χ0v) is 12.1. The number of halogens is 1. The molecule has 0 radical (unpaired) electrons. The highest BCUT2D eigenvalue weighted by molar-refractivity contribution is 14.1. The summed E-state index contributed by atoms with van der Waals surface area (Å²) in [5.41, 5.74) is 1.41. The topological polar surface area (TPSA) is 62.2 Å². The lowest BCUT2D eigenvalue weighted by Gasteiger charge is -2.25. The molecule has 4 nitrogen and oxygen atoms in total. The lowest BCUT2D eigenvalue weighted by atomic mass is 10.1. The molecule has 0 spiro atoms.